The van der Waals surface area contributed by atoms with Crippen molar-refractivity contribution in [3.8, 4) is 0 Å². The molecular weight excluding hydrogens is 335 g/mol. The Morgan fingerprint density at radius 3 is 2.67 bits per heavy atom. The van der Waals surface area contributed by atoms with Gasteiger partial charge in [0.05, 0.1) is 0 Å². The first kappa shape index (κ1) is 14.2. The van der Waals surface area contributed by atoms with Crippen LogP contribution in [0.2, 0.25) is 0 Å². The third kappa shape index (κ3) is 3.29. The van der Waals surface area contributed by atoms with Crippen molar-refractivity contribution in [3.63, 3.8) is 0 Å². The molecule has 1 aromatic carbocycles. The number of benzene rings is 1. The molecule has 108 valence electrons. The smallest absolute Gasteiger partial charge is 0.273 e. The zero-order chi connectivity index (χ0) is 14.8. The maximum atomic E-state index is 13.2. The number of rotatable bonds is 4. The Balaban J connectivity index is 1.85. The van der Waals surface area contributed by atoms with E-state index in [2.05, 4.69) is 20.9 Å². The lowest BCUT2D eigenvalue weighted by molar-refractivity contribution is 0.0722. The van der Waals surface area contributed by atoms with Gasteiger partial charge in [0, 0.05) is 17.1 Å². The van der Waals surface area contributed by atoms with Crippen molar-refractivity contribution in [1.82, 2.24) is 9.88 Å². The summed E-state index contributed by atoms with van der Waals surface area (Å²) in [6.45, 7) is 0.503. The second-order valence-electron chi connectivity index (χ2n) is 5.10. The Bertz CT molecular complexity index is 673. The van der Waals surface area contributed by atoms with Crippen LogP contribution in [0, 0.1) is 5.95 Å². The predicted molar refractivity (Wildman–Crippen MR) is 81.2 cm³/mol. The summed E-state index contributed by atoms with van der Waals surface area (Å²) in [5, 5.41) is 0. The molecular formula is C16H14BrFN2O. The third-order valence-electron chi connectivity index (χ3n) is 3.48. The fourth-order valence-electron chi connectivity index (χ4n) is 2.24. The van der Waals surface area contributed by atoms with Crippen LogP contribution in [0.25, 0.3) is 0 Å². The molecule has 1 heterocycles. The Kier molecular flexibility index (Phi) is 4.01. The number of nitrogens with zero attached hydrogens (tertiary/aromatic N) is 2. The van der Waals surface area contributed by atoms with Crippen LogP contribution in [0.5, 0.6) is 0 Å². The summed E-state index contributed by atoms with van der Waals surface area (Å²) >= 11 is 3.50. The fourth-order valence-corrected chi connectivity index (χ4v) is 2.65. The summed E-state index contributed by atoms with van der Waals surface area (Å²) in [4.78, 5) is 18.1. The number of halogens is 2. The van der Waals surface area contributed by atoms with Crippen LogP contribution in [0.1, 0.15) is 28.9 Å². The molecule has 1 aliphatic carbocycles. The first-order valence-corrected chi connectivity index (χ1v) is 7.61. The molecule has 3 nitrogen and oxygen atoms in total. The second kappa shape index (κ2) is 5.93. The Hall–Kier alpha value is -1.75. The quantitative estimate of drug-likeness (QED) is 0.787. The van der Waals surface area contributed by atoms with Crippen molar-refractivity contribution in [3.05, 3.63) is 64.1 Å². The lowest BCUT2D eigenvalue weighted by Gasteiger charge is -2.22. The van der Waals surface area contributed by atoms with Crippen molar-refractivity contribution in [2.24, 2.45) is 0 Å². The molecule has 0 atom stereocenters. The normalized spacial score (nSPS) is 14.0. The Morgan fingerprint density at radius 2 is 2.00 bits per heavy atom. The van der Waals surface area contributed by atoms with E-state index in [-0.39, 0.29) is 17.6 Å². The minimum Gasteiger partial charge on any atom is -0.330 e. The Labute approximate surface area is 130 Å². The molecule has 21 heavy (non-hydrogen) atoms. The topological polar surface area (TPSA) is 33.2 Å². The summed E-state index contributed by atoms with van der Waals surface area (Å²) < 4.78 is 14.2. The first-order valence-electron chi connectivity index (χ1n) is 6.82. The molecule has 1 amide bonds. The molecule has 1 saturated carbocycles. The largest absolute Gasteiger partial charge is 0.330 e. The van der Waals surface area contributed by atoms with Crippen molar-refractivity contribution in [2.45, 2.75) is 25.4 Å². The zero-order valence-corrected chi connectivity index (χ0v) is 12.9. The van der Waals surface area contributed by atoms with Gasteiger partial charge in [-0.2, -0.15) is 4.39 Å². The molecule has 1 fully saturated rings. The minimum absolute atomic E-state index is 0.161. The zero-order valence-electron chi connectivity index (χ0n) is 11.3. The van der Waals surface area contributed by atoms with Gasteiger partial charge in [0.2, 0.25) is 5.95 Å². The van der Waals surface area contributed by atoms with Crippen LogP contribution in [0.15, 0.2) is 46.9 Å². The molecule has 0 bridgehead atoms. The molecule has 0 radical (unpaired) electrons. The summed E-state index contributed by atoms with van der Waals surface area (Å²) in [5.41, 5.74) is 1.20. The second-order valence-corrected chi connectivity index (χ2v) is 5.96. The van der Waals surface area contributed by atoms with Gasteiger partial charge in [-0.15, -0.1) is 0 Å². The fraction of sp³-hybridized carbons (Fsp3) is 0.250. The number of aromatic nitrogens is 1. The van der Waals surface area contributed by atoms with Gasteiger partial charge in [-0.1, -0.05) is 40.2 Å². The molecule has 0 N–H and O–H groups in total. The summed E-state index contributed by atoms with van der Waals surface area (Å²) in [6.07, 6.45) is 1.98. The van der Waals surface area contributed by atoms with Crippen LogP contribution in [-0.4, -0.2) is 21.8 Å². The van der Waals surface area contributed by atoms with Gasteiger partial charge in [0.15, 0.2) is 0 Å². The highest BCUT2D eigenvalue weighted by atomic mass is 79.9. The summed E-state index contributed by atoms with van der Waals surface area (Å²) in [6, 6.07) is 12.3. The average Bonchev–Trinajstić information content (AvgIpc) is 3.30. The van der Waals surface area contributed by atoms with Crippen LogP contribution < -0.4 is 0 Å². The van der Waals surface area contributed by atoms with E-state index < -0.39 is 5.95 Å². The summed E-state index contributed by atoms with van der Waals surface area (Å²) in [5.74, 6) is -0.842. The lowest BCUT2D eigenvalue weighted by Crippen LogP contribution is -2.33. The lowest BCUT2D eigenvalue weighted by atomic mass is 10.2. The number of pyridine rings is 1. The van der Waals surface area contributed by atoms with Gasteiger partial charge < -0.3 is 4.90 Å². The molecule has 3 rings (SSSR count). The van der Waals surface area contributed by atoms with E-state index in [4.69, 9.17) is 0 Å². The highest BCUT2D eigenvalue weighted by molar-refractivity contribution is 9.10. The molecule has 1 aliphatic rings. The van der Waals surface area contributed by atoms with Crippen molar-refractivity contribution < 1.29 is 9.18 Å². The van der Waals surface area contributed by atoms with Crippen molar-refractivity contribution in [2.75, 3.05) is 0 Å². The molecule has 5 heteroatoms. The maximum absolute atomic E-state index is 13.2. The van der Waals surface area contributed by atoms with E-state index in [1.807, 2.05) is 24.3 Å². The van der Waals surface area contributed by atoms with E-state index in [0.717, 1.165) is 22.9 Å². The van der Waals surface area contributed by atoms with Gasteiger partial charge in [-0.3, -0.25) is 4.79 Å². The molecule has 0 spiro atoms. The number of carbonyl (C=O) groups is 1. The molecule has 0 saturated heterocycles. The van der Waals surface area contributed by atoms with Gasteiger partial charge >= 0.3 is 0 Å². The van der Waals surface area contributed by atoms with Crippen molar-refractivity contribution >= 4 is 21.8 Å². The van der Waals surface area contributed by atoms with E-state index >= 15 is 0 Å². The van der Waals surface area contributed by atoms with E-state index in [9.17, 15) is 9.18 Å². The first-order chi connectivity index (χ1) is 10.1. The monoisotopic (exact) mass is 348 g/mol. The van der Waals surface area contributed by atoms with E-state index in [1.165, 1.54) is 12.1 Å². The molecule has 2 aromatic rings. The summed E-state index contributed by atoms with van der Waals surface area (Å²) in [7, 11) is 0. The van der Waals surface area contributed by atoms with Gasteiger partial charge in [-0.25, -0.2) is 4.98 Å². The highest BCUT2D eigenvalue weighted by Crippen LogP contribution is 2.31. The SMILES string of the molecule is O=C(c1cccc(F)n1)N(Cc1ccccc1Br)C1CC1. The molecule has 0 unspecified atom stereocenters. The number of amides is 1. The van der Waals surface area contributed by atoms with Crippen molar-refractivity contribution in [1.29, 1.82) is 0 Å². The van der Waals surface area contributed by atoms with Crippen LogP contribution in [-0.2, 0) is 6.54 Å². The molecule has 0 aliphatic heterocycles. The minimum atomic E-state index is -0.627. The standard InChI is InChI=1S/C16H14BrFN2O/c17-13-5-2-1-4-11(13)10-20(12-8-9-12)16(21)14-6-3-7-15(18)19-14/h1-7,12H,8-10H2. The van der Waals surface area contributed by atoms with E-state index in [0.29, 0.717) is 6.54 Å². The van der Waals surface area contributed by atoms with Gasteiger partial charge in [0.1, 0.15) is 5.69 Å². The van der Waals surface area contributed by atoms with E-state index in [1.54, 1.807) is 11.0 Å². The highest BCUT2D eigenvalue weighted by Gasteiger charge is 2.33. The van der Waals surface area contributed by atoms with Crippen LogP contribution in [0.4, 0.5) is 4.39 Å². The maximum Gasteiger partial charge on any atom is 0.273 e. The Morgan fingerprint density at radius 1 is 1.24 bits per heavy atom. The van der Waals surface area contributed by atoms with Crippen LogP contribution in [0.3, 0.4) is 0 Å². The average molecular weight is 349 g/mol. The van der Waals surface area contributed by atoms with Crippen LogP contribution >= 0.6 is 15.9 Å². The number of carbonyl (C=O) groups excluding carboxylic acids is 1. The molecule has 1 aromatic heterocycles. The predicted octanol–water partition coefficient (Wildman–Crippen LogP) is 3.79. The van der Waals surface area contributed by atoms with Gasteiger partial charge in [0.25, 0.3) is 5.91 Å². The third-order valence-corrected chi connectivity index (χ3v) is 4.25. The number of hydrogen-bond acceptors (Lipinski definition) is 2. The number of hydrogen-bond donors (Lipinski definition) is 0. The van der Waals surface area contributed by atoms with Gasteiger partial charge in [-0.05, 0) is 36.6 Å².